The molecule has 0 radical (unpaired) electrons. The zero-order valence-corrected chi connectivity index (χ0v) is 13.8. The highest BCUT2D eigenvalue weighted by Crippen LogP contribution is 2.34. The number of rotatable bonds is 4. The first-order chi connectivity index (χ1) is 10.8. The van der Waals surface area contributed by atoms with Crippen LogP contribution in [0.3, 0.4) is 0 Å². The van der Waals surface area contributed by atoms with E-state index in [2.05, 4.69) is 58.5 Å². The molecule has 1 saturated carbocycles. The molecule has 118 valence electrons. The Morgan fingerprint density at radius 2 is 2.14 bits per heavy atom. The summed E-state index contributed by atoms with van der Waals surface area (Å²) < 4.78 is 0. The first-order valence-electron chi connectivity index (χ1n) is 8.54. The summed E-state index contributed by atoms with van der Waals surface area (Å²) in [4.78, 5) is 6.86. The minimum Gasteiger partial charge on any atom is -0.353 e. The molecule has 3 nitrogen and oxygen atoms in total. The van der Waals surface area contributed by atoms with Crippen LogP contribution in [0.1, 0.15) is 38.2 Å². The summed E-state index contributed by atoms with van der Waals surface area (Å²) in [6.45, 7) is 4.27. The lowest BCUT2D eigenvalue weighted by atomic mass is 10.00. The zero-order valence-electron chi connectivity index (χ0n) is 13.8. The average Bonchev–Trinajstić information content (AvgIpc) is 3.32. The minimum absolute atomic E-state index is 0.651. The Morgan fingerprint density at radius 1 is 1.32 bits per heavy atom. The molecule has 0 aromatic heterocycles. The smallest absolute Gasteiger partial charge is 0.194 e. The molecule has 2 unspecified atom stereocenters. The van der Waals surface area contributed by atoms with Crippen LogP contribution in [0.5, 0.6) is 0 Å². The van der Waals surface area contributed by atoms with E-state index in [0.717, 1.165) is 31.4 Å². The largest absolute Gasteiger partial charge is 0.353 e. The molecule has 0 bridgehead atoms. The van der Waals surface area contributed by atoms with Crippen molar-refractivity contribution >= 4 is 11.5 Å². The second-order valence-corrected chi connectivity index (χ2v) is 6.37. The fraction of sp³-hybridized carbons (Fsp3) is 0.526. The molecule has 1 aromatic carbocycles. The molecule has 3 rings (SSSR count). The van der Waals surface area contributed by atoms with Gasteiger partial charge in [0.1, 0.15) is 0 Å². The van der Waals surface area contributed by atoms with Crippen molar-refractivity contribution in [3.8, 4) is 0 Å². The molecular formula is C19H27N3. The summed E-state index contributed by atoms with van der Waals surface area (Å²) in [5.74, 6) is 1.94. The summed E-state index contributed by atoms with van der Waals surface area (Å²) >= 11 is 0. The minimum atomic E-state index is 0.651. The van der Waals surface area contributed by atoms with Gasteiger partial charge in [0, 0.05) is 26.2 Å². The summed E-state index contributed by atoms with van der Waals surface area (Å²) in [6, 6.07) is 11.4. The molecule has 2 atom stereocenters. The Balaban J connectivity index is 1.57. The Morgan fingerprint density at radius 3 is 2.77 bits per heavy atom. The van der Waals surface area contributed by atoms with E-state index in [4.69, 9.17) is 0 Å². The highest BCUT2D eigenvalue weighted by Gasteiger charge is 2.37. The molecule has 2 aliphatic rings. The molecule has 0 amide bonds. The SMILES string of the molecule is CCCC1CC1NC(=NC)N1CC=C(c2ccccc2)CC1. The highest BCUT2D eigenvalue weighted by molar-refractivity contribution is 5.82. The van der Waals surface area contributed by atoms with Crippen molar-refractivity contribution in [2.24, 2.45) is 10.9 Å². The predicted molar refractivity (Wildman–Crippen MR) is 93.9 cm³/mol. The molecular weight excluding hydrogens is 270 g/mol. The summed E-state index contributed by atoms with van der Waals surface area (Å²) in [5, 5.41) is 3.65. The Labute approximate surface area is 134 Å². The van der Waals surface area contributed by atoms with Crippen LogP contribution < -0.4 is 5.32 Å². The van der Waals surface area contributed by atoms with E-state index < -0.39 is 0 Å². The maximum absolute atomic E-state index is 4.49. The van der Waals surface area contributed by atoms with Crippen molar-refractivity contribution in [3.63, 3.8) is 0 Å². The maximum atomic E-state index is 4.49. The number of guanidine groups is 1. The monoisotopic (exact) mass is 297 g/mol. The van der Waals surface area contributed by atoms with Gasteiger partial charge in [-0.15, -0.1) is 0 Å². The molecule has 1 aliphatic heterocycles. The predicted octanol–water partition coefficient (Wildman–Crippen LogP) is 3.54. The van der Waals surface area contributed by atoms with Crippen LogP contribution in [-0.2, 0) is 0 Å². The lowest BCUT2D eigenvalue weighted by Gasteiger charge is -2.30. The number of hydrogen-bond donors (Lipinski definition) is 1. The Bertz CT molecular complexity index is 547. The highest BCUT2D eigenvalue weighted by atomic mass is 15.3. The van der Waals surface area contributed by atoms with Gasteiger partial charge in [0.25, 0.3) is 0 Å². The fourth-order valence-electron chi connectivity index (χ4n) is 3.35. The molecule has 3 heteroatoms. The van der Waals surface area contributed by atoms with Crippen molar-refractivity contribution < 1.29 is 0 Å². The summed E-state index contributed by atoms with van der Waals surface area (Å²) in [5.41, 5.74) is 2.82. The Kier molecular flexibility index (Phi) is 4.81. The standard InChI is InChI=1S/C19H27N3/c1-3-7-17-14-18(17)21-19(20-2)22-12-10-16(11-13-22)15-8-5-4-6-9-15/h4-6,8-10,17-18H,3,7,11-14H2,1-2H3,(H,20,21). The van der Waals surface area contributed by atoms with E-state index in [1.54, 1.807) is 0 Å². The lowest BCUT2D eigenvalue weighted by Crippen LogP contribution is -2.44. The van der Waals surface area contributed by atoms with Gasteiger partial charge in [0.15, 0.2) is 5.96 Å². The number of nitrogens with zero attached hydrogens (tertiary/aromatic N) is 2. The summed E-state index contributed by atoms with van der Waals surface area (Å²) in [6.07, 6.45) is 7.38. The van der Waals surface area contributed by atoms with Gasteiger partial charge in [-0.1, -0.05) is 49.8 Å². The molecule has 0 spiro atoms. The van der Waals surface area contributed by atoms with Gasteiger partial charge in [-0.3, -0.25) is 4.99 Å². The van der Waals surface area contributed by atoms with E-state index in [9.17, 15) is 0 Å². The molecule has 1 fully saturated rings. The van der Waals surface area contributed by atoms with E-state index in [1.807, 2.05) is 7.05 Å². The van der Waals surface area contributed by atoms with Crippen LogP contribution >= 0.6 is 0 Å². The van der Waals surface area contributed by atoms with E-state index >= 15 is 0 Å². The van der Waals surface area contributed by atoms with Gasteiger partial charge in [-0.05, 0) is 36.3 Å². The van der Waals surface area contributed by atoms with Gasteiger partial charge < -0.3 is 10.2 Å². The summed E-state index contributed by atoms with van der Waals surface area (Å²) in [7, 11) is 1.90. The lowest BCUT2D eigenvalue weighted by molar-refractivity contribution is 0.437. The van der Waals surface area contributed by atoms with Gasteiger partial charge in [0.05, 0.1) is 0 Å². The number of hydrogen-bond acceptors (Lipinski definition) is 1. The second-order valence-electron chi connectivity index (χ2n) is 6.37. The first-order valence-corrected chi connectivity index (χ1v) is 8.54. The maximum Gasteiger partial charge on any atom is 0.194 e. The van der Waals surface area contributed by atoms with Crippen molar-refractivity contribution in [2.45, 2.75) is 38.6 Å². The third-order valence-corrected chi connectivity index (χ3v) is 4.76. The topological polar surface area (TPSA) is 27.6 Å². The molecule has 1 aromatic rings. The normalized spacial score (nSPS) is 24.9. The van der Waals surface area contributed by atoms with Gasteiger partial charge >= 0.3 is 0 Å². The Hall–Kier alpha value is -1.77. The molecule has 1 aliphatic carbocycles. The zero-order chi connectivity index (χ0) is 15.4. The van der Waals surface area contributed by atoms with Gasteiger partial charge in [-0.2, -0.15) is 0 Å². The van der Waals surface area contributed by atoms with Crippen LogP contribution in [-0.4, -0.2) is 37.0 Å². The number of benzene rings is 1. The van der Waals surface area contributed by atoms with Crippen molar-refractivity contribution in [3.05, 3.63) is 42.0 Å². The van der Waals surface area contributed by atoms with Crippen molar-refractivity contribution in [1.82, 2.24) is 10.2 Å². The molecule has 1 heterocycles. The third kappa shape index (κ3) is 3.52. The quantitative estimate of drug-likeness (QED) is 0.680. The van der Waals surface area contributed by atoms with Crippen LogP contribution in [0.25, 0.3) is 5.57 Å². The van der Waals surface area contributed by atoms with Crippen molar-refractivity contribution in [2.75, 3.05) is 20.1 Å². The van der Waals surface area contributed by atoms with E-state index in [1.165, 1.54) is 30.4 Å². The van der Waals surface area contributed by atoms with Crippen LogP contribution in [0.15, 0.2) is 41.4 Å². The van der Waals surface area contributed by atoms with Crippen LogP contribution in [0.4, 0.5) is 0 Å². The average molecular weight is 297 g/mol. The number of aliphatic imine (C=N–C) groups is 1. The van der Waals surface area contributed by atoms with E-state index in [0.29, 0.717) is 6.04 Å². The van der Waals surface area contributed by atoms with Crippen molar-refractivity contribution in [1.29, 1.82) is 0 Å². The molecule has 1 N–H and O–H groups in total. The molecule has 0 saturated heterocycles. The molecule has 22 heavy (non-hydrogen) atoms. The van der Waals surface area contributed by atoms with E-state index in [-0.39, 0.29) is 0 Å². The fourth-order valence-corrected chi connectivity index (χ4v) is 3.35. The second kappa shape index (κ2) is 6.99. The van der Waals surface area contributed by atoms with Gasteiger partial charge in [0.2, 0.25) is 0 Å². The first kappa shape index (κ1) is 15.1. The van der Waals surface area contributed by atoms with Crippen LogP contribution in [0, 0.1) is 5.92 Å². The number of nitrogens with one attached hydrogen (secondary N) is 1. The van der Waals surface area contributed by atoms with Crippen LogP contribution in [0.2, 0.25) is 0 Å². The van der Waals surface area contributed by atoms with Gasteiger partial charge in [-0.25, -0.2) is 0 Å². The third-order valence-electron chi connectivity index (χ3n) is 4.76.